The first-order valence-corrected chi connectivity index (χ1v) is 7.72. The van der Waals surface area contributed by atoms with E-state index in [-0.39, 0.29) is 18.2 Å². The molecule has 1 aromatic carbocycles. The van der Waals surface area contributed by atoms with Gasteiger partial charge in [-0.05, 0) is 31.4 Å². The van der Waals surface area contributed by atoms with Gasteiger partial charge in [0.15, 0.2) is 0 Å². The monoisotopic (exact) mass is 283 g/mol. The predicted octanol–water partition coefficient (Wildman–Crippen LogP) is 1.77. The molecular formula is C13H17NO4S. The highest BCUT2D eigenvalue weighted by atomic mass is 32.2. The normalized spacial score (nSPS) is 15.2. The lowest BCUT2D eigenvalue weighted by atomic mass is 10.2. The number of benzene rings is 1. The summed E-state index contributed by atoms with van der Waals surface area (Å²) in [7, 11) is -3.43. The first kappa shape index (κ1) is 13.9. The summed E-state index contributed by atoms with van der Waals surface area (Å²) in [5, 5.41) is 8.43. The fourth-order valence-electron chi connectivity index (χ4n) is 1.97. The van der Waals surface area contributed by atoms with Crippen LogP contribution in [0, 0.1) is 6.92 Å². The highest BCUT2D eigenvalue weighted by Gasteiger charge is 2.40. The van der Waals surface area contributed by atoms with Crippen molar-refractivity contribution in [2.45, 2.75) is 31.4 Å². The highest BCUT2D eigenvalue weighted by Crippen LogP contribution is 2.34. The summed E-state index contributed by atoms with van der Waals surface area (Å²) in [5.74, 6) is -0.996. The van der Waals surface area contributed by atoms with Gasteiger partial charge in [0.25, 0.3) is 0 Å². The summed E-state index contributed by atoms with van der Waals surface area (Å²) in [6.45, 7) is 1.81. The molecule has 0 bridgehead atoms. The topological polar surface area (TPSA) is 74.7 Å². The molecule has 0 aromatic heterocycles. The van der Waals surface area contributed by atoms with E-state index in [0.717, 1.165) is 5.56 Å². The lowest BCUT2D eigenvalue weighted by molar-refractivity contribution is -0.136. The Morgan fingerprint density at radius 3 is 2.53 bits per heavy atom. The maximum atomic E-state index is 12.4. The van der Waals surface area contributed by atoms with Crippen LogP contribution < -0.4 is 4.31 Å². The van der Waals surface area contributed by atoms with Crippen molar-refractivity contribution in [2.24, 2.45) is 0 Å². The van der Waals surface area contributed by atoms with Crippen molar-refractivity contribution in [2.75, 3.05) is 10.8 Å². The molecule has 1 aliphatic carbocycles. The Morgan fingerprint density at radius 2 is 2.00 bits per heavy atom. The number of carbonyl (C=O) groups is 1. The molecule has 104 valence electrons. The molecule has 1 fully saturated rings. The third-order valence-corrected chi connectivity index (χ3v) is 5.47. The van der Waals surface area contributed by atoms with Gasteiger partial charge in [0.2, 0.25) is 10.0 Å². The van der Waals surface area contributed by atoms with Crippen LogP contribution in [0.1, 0.15) is 24.8 Å². The van der Waals surface area contributed by atoms with Gasteiger partial charge in [-0.1, -0.05) is 18.2 Å². The molecule has 0 atom stereocenters. The van der Waals surface area contributed by atoms with Crippen molar-refractivity contribution in [1.29, 1.82) is 0 Å². The second-order valence-corrected chi connectivity index (χ2v) is 6.88. The van der Waals surface area contributed by atoms with E-state index >= 15 is 0 Å². The summed E-state index contributed by atoms with van der Waals surface area (Å²) in [6, 6.07) is 7.14. The third kappa shape index (κ3) is 3.07. The maximum absolute atomic E-state index is 12.4. The average Bonchev–Trinajstić information content (AvgIpc) is 3.15. The smallest absolute Gasteiger partial charge is 0.305 e. The number of aryl methyl sites for hydroxylation is 1. The average molecular weight is 283 g/mol. The zero-order valence-corrected chi connectivity index (χ0v) is 11.6. The molecule has 1 aliphatic rings. The molecule has 0 radical (unpaired) electrons. The van der Waals surface area contributed by atoms with E-state index in [9.17, 15) is 13.2 Å². The minimum Gasteiger partial charge on any atom is -0.481 e. The lowest BCUT2D eigenvalue weighted by Gasteiger charge is -2.25. The molecule has 0 heterocycles. The van der Waals surface area contributed by atoms with Gasteiger partial charge in [0, 0.05) is 6.54 Å². The van der Waals surface area contributed by atoms with Crippen LogP contribution in [-0.4, -0.2) is 31.3 Å². The highest BCUT2D eigenvalue weighted by molar-refractivity contribution is 7.93. The van der Waals surface area contributed by atoms with Crippen LogP contribution >= 0.6 is 0 Å². The lowest BCUT2D eigenvalue weighted by Crippen LogP contribution is -2.36. The molecule has 1 saturated carbocycles. The SMILES string of the molecule is Cc1ccccc1N(CCC(=O)O)S(=O)(=O)C1CC1. The van der Waals surface area contributed by atoms with Crippen molar-refractivity contribution >= 4 is 21.7 Å². The van der Waals surface area contributed by atoms with Crippen LogP contribution in [-0.2, 0) is 14.8 Å². The Bertz CT molecular complexity index is 578. The predicted molar refractivity (Wildman–Crippen MR) is 72.7 cm³/mol. The van der Waals surface area contributed by atoms with E-state index in [4.69, 9.17) is 5.11 Å². The van der Waals surface area contributed by atoms with E-state index in [0.29, 0.717) is 18.5 Å². The summed E-state index contributed by atoms with van der Waals surface area (Å²) in [6.07, 6.45) is 1.13. The molecule has 6 heteroatoms. The Hall–Kier alpha value is -1.56. The molecule has 2 rings (SSSR count). The van der Waals surface area contributed by atoms with Crippen LogP contribution in [0.4, 0.5) is 5.69 Å². The fourth-order valence-corrected chi connectivity index (χ4v) is 3.89. The van der Waals surface area contributed by atoms with E-state index in [2.05, 4.69) is 0 Å². The van der Waals surface area contributed by atoms with Gasteiger partial charge in [-0.3, -0.25) is 9.10 Å². The largest absolute Gasteiger partial charge is 0.481 e. The standard InChI is InChI=1S/C13H17NO4S/c1-10-4-2-3-5-12(10)14(9-8-13(15)16)19(17,18)11-6-7-11/h2-5,11H,6-9H2,1H3,(H,15,16). The number of nitrogens with zero attached hydrogens (tertiary/aromatic N) is 1. The van der Waals surface area contributed by atoms with Gasteiger partial charge in [-0.15, -0.1) is 0 Å². The Balaban J connectivity index is 2.34. The summed E-state index contributed by atoms with van der Waals surface area (Å²) in [5.41, 5.74) is 1.41. The number of aliphatic carboxylic acids is 1. The summed E-state index contributed by atoms with van der Waals surface area (Å²) in [4.78, 5) is 10.7. The van der Waals surface area contributed by atoms with E-state index in [1.807, 2.05) is 19.1 Å². The first-order valence-electron chi connectivity index (χ1n) is 6.22. The van der Waals surface area contributed by atoms with Gasteiger partial charge >= 0.3 is 5.97 Å². The Labute approximate surface area is 112 Å². The zero-order chi connectivity index (χ0) is 14.0. The molecule has 5 nitrogen and oxygen atoms in total. The van der Waals surface area contributed by atoms with Crippen LogP contribution in [0.15, 0.2) is 24.3 Å². The van der Waals surface area contributed by atoms with E-state index in [1.54, 1.807) is 12.1 Å². The number of anilines is 1. The number of para-hydroxylation sites is 1. The van der Waals surface area contributed by atoms with Crippen LogP contribution in [0.5, 0.6) is 0 Å². The quantitative estimate of drug-likeness (QED) is 0.863. The van der Waals surface area contributed by atoms with Gasteiger partial charge < -0.3 is 5.11 Å². The molecule has 0 spiro atoms. The van der Waals surface area contributed by atoms with Gasteiger partial charge in [0.05, 0.1) is 17.4 Å². The van der Waals surface area contributed by atoms with Crippen LogP contribution in [0.3, 0.4) is 0 Å². The summed E-state index contributed by atoms with van der Waals surface area (Å²) >= 11 is 0. The Morgan fingerprint density at radius 1 is 1.37 bits per heavy atom. The minimum absolute atomic E-state index is 0.0149. The van der Waals surface area contributed by atoms with Crippen molar-refractivity contribution < 1.29 is 18.3 Å². The van der Waals surface area contributed by atoms with Crippen LogP contribution in [0.2, 0.25) is 0 Å². The number of carboxylic acids is 1. The number of carboxylic acid groups (broad SMARTS) is 1. The minimum atomic E-state index is -3.43. The Kier molecular flexibility index (Phi) is 3.80. The van der Waals surface area contributed by atoms with Gasteiger partial charge in [-0.2, -0.15) is 0 Å². The molecule has 0 saturated heterocycles. The molecule has 19 heavy (non-hydrogen) atoms. The van der Waals surface area contributed by atoms with E-state index in [1.165, 1.54) is 4.31 Å². The van der Waals surface area contributed by atoms with E-state index < -0.39 is 16.0 Å². The number of sulfonamides is 1. The number of hydrogen-bond donors (Lipinski definition) is 1. The van der Waals surface area contributed by atoms with Crippen molar-refractivity contribution in [3.05, 3.63) is 29.8 Å². The maximum Gasteiger partial charge on any atom is 0.305 e. The van der Waals surface area contributed by atoms with Gasteiger partial charge in [0.1, 0.15) is 0 Å². The number of rotatable bonds is 6. The molecule has 1 N–H and O–H groups in total. The zero-order valence-electron chi connectivity index (χ0n) is 10.7. The third-order valence-electron chi connectivity index (χ3n) is 3.17. The van der Waals surface area contributed by atoms with Crippen molar-refractivity contribution in [3.8, 4) is 0 Å². The second-order valence-electron chi connectivity index (χ2n) is 4.75. The number of hydrogen-bond acceptors (Lipinski definition) is 3. The fraction of sp³-hybridized carbons (Fsp3) is 0.462. The molecule has 1 aromatic rings. The first-order chi connectivity index (χ1) is 8.93. The second kappa shape index (κ2) is 5.21. The molecule has 0 amide bonds. The molecular weight excluding hydrogens is 266 g/mol. The van der Waals surface area contributed by atoms with Crippen LogP contribution in [0.25, 0.3) is 0 Å². The van der Waals surface area contributed by atoms with Crippen molar-refractivity contribution in [3.63, 3.8) is 0 Å². The summed E-state index contributed by atoms with van der Waals surface area (Å²) < 4.78 is 26.0. The molecule has 0 aliphatic heterocycles. The van der Waals surface area contributed by atoms with Gasteiger partial charge in [-0.25, -0.2) is 8.42 Å². The molecule has 0 unspecified atom stereocenters. The van der Waals surface area contributed by atoms with Crippen molar-refractivity contribution in [1.82, 2.24) is 0 Å².